The molecule has 0 aliphatic carbocycles. The van der Waals surface area contributed by atoms with E-state index in [1.54, 1.807) is 0 Å². The molecule has 0 spiro atoms. The third-order valence-corrected chi connectivity index (χ3v) is 3.02. The molecule has 0 atom stereocenters. The molecule has 98 valence electrons. The summed E-state index contributed by atoms with van der Waals surface area (Å²) >= 11 is 5.81. The van der Waals surface area contributed by atoms with Crippen LogP contribution in [0, 0.1) is 10.1 Å². The van der Waals surface area contributed by atoms with Gasteiger partial charge in [-0.1, -0.05) is 49.7 Å². The number of benzene rings is 1. The van der Waals surface area contributed by atoms with Crippen LogP contribution in [0.15, 0.2) is 30.5 Å². The fraction of sp³-hybridized carbons (Fsp3) is 0.231. The fourth-order valence-corrected chi connectivity index (χ4v) is 2.01. The van der Waals surface area contributed by atoms with E-state index in [-0.39, 0.29) is 10.8 Å². The Morgan fingerprint density at radius 1 is 1.32 bits per heavy atom. The van der Waals surface area contributed by atoms with Crippen LogP contribution in [0.4, 0.5) is 5.69 Å². The molecule has 0 amide bonds. The zero-order valence-corrected chi connectivity index (χ0v) is 11.3. The molecule has 19 heavy (non-hydrogen) atoms. The number of aromatic nitrogens is 2. The first-order valence-electron chi connectivity index (χ1n) is 5.77. The highest BCUT2D eigenvalue weighted by Crippen LogP contribution is 2.29. The van der Waals surface area contributed by atoms with Gasteiger partial charge in [0.2, 0.25) is 5.15 Å². The van der Waals surface area contributed by atoms with E-state index in [4.69, 9.17) is 11.6 Å². The van der Waals surface area contributed by atoms with Gasteiger partial charge >= 0.3 is 5.69 Å². The van der Waals surface area contributed by atoms with Gasteiger partial charge in [0, 0.05) is 5.56 Å². The van der Waals surface area contributed by atoms with E-state index in [9.17, 15) is 10.1 Å². The predicted octanol–water partition coefficient (Wildman–Crippen LogP) is 3.83. The van der Waals surface area contributed by atoms with Crippen LogP contribution < -0.4 is 0 Å². The Labute approximate surface area is 115 Å². The summed E-state index contributed by atoms with van der Waals surface area (Å²) < 4.78 is 0. The van der Waals surface area contributed by atoms with Crippen molar-refractivity contribution in [3.63, 3.8) is 0 Å². The minimum atomic E-state index is -0.597. The minimum absolute atomic E-state index is 0.145. The van der Waals surface area contributed by atoms with Crippen LogP contribution in [0.1, 0.15) is 25.3 Å². The third kappa shape index (κ3) is 2.71. The Bertz CT molecular complexity index is 629. The SMILES string of the molecule is CC(C)c1ccccc1-c1ncc([N+](=O)[O-])c(Cl)n1. The highest BCUT2D eigenvalue weighted by Gasteiger charge is 2.17. The summed E-state index contributed by atoms with van der Waals surface area (Å²) in [5.41, 5.74) is 1.63. The van der Waals surface area contributed by atoms with Crippen molar-refractivity contribution in [2.24, 2.45) is 0 Å². The van der Waals surface area contributed by atoms with Gasteiger partial charge < -0.3 is 0 Å². The number of nitrogens with zero attached hydrogens (tertiary/aromatic N) is 3. The summed E-state index contributed by atoms with van der Waals surface area (Å²) in [6, 6.07) is 7.68. The van der Waals surface area contributed by atoms with Gasteiger partial charge in [0.25, 0.3) is 0 Å². The standard InChI is InChI=1S/C13H12ClN3O2/c1-8(2)9-5-3-4-6-10(9)13-15-7-11(17(18)19)12(14)16-13/h3-8H,1-2H3. The van der Waals surface area contributed by atoms with Gasteiger partial charge in [0.1, 0.15) is 6.20 Å². The zero-order valence-electron chi connectivity index (χ0n) is 10.5. The topological polar surface area (TPSA) is 68.9 Å². The van der Waals surface area contributed by atoms with E-state index in [0.29, 0.717) is 11.7 Å². The lowest BCUT2D eigenvalue weighted by Crippen LogP contribution is -1.99. The molecule has 5 nitrogen and oxygen atoms in total. The van der Waals surface area contributed by atoms with Crippen molar-refractivity contribution in [2.45, 2.75) is 19.8 Å². The van der Waals surface area contributed by atoms with E-state index in [1.165, 1.54) is 0 Å². The van der Waals surface area contributed by atoms with Crippen molar-refractivity contribution < 1.29 is 4.92 Å². The highest BCUT2D eigenvalue weighted by molar-refractivity contribution is 6.31. The molecule has 0 fully saturated rings. The van der Waals surface area contributed by atoms with E-state index >= 15 is 0 Å². The molecule has 0 radical (unpaired) electrons. The smallest absolute Gasteiger partial charge is 0.258 e. The van der Waals surface area contributed by atoms with Gasteiger partial charge in [-0.3, -0.25) is 10.1 Å². The van der Waals surface area contributed by atoms with E-state index < -0.39 is 4.92 Å². The van der Waals surface area contributed by atoms with Crippen LogP contribution in [-0.4, -0.2) is 14.9 Å². The van der Waals surface area contributed by atoms with Crippen LogP contribution in [0.2, 0.25) is 5.15 Å². The lowest BCUT2D eigenvalue weighted by molar-refractivity contribution is -0.385. The monoisotopic (exact) mass is 277 g/mol. The summed E-state index contributed by atoms with van der Waals surface area (Å²) in [7, 11) is 0. The Hall–Kier alpha value is -2.01. The first-order valence-corrected chi connectivity index (χ1v) is 6.14. The molecule has 1 heterocycles. The van der Waals surface area contributed by atoms with Crippen LogP contribution in [0.5, 0.6) is 0 Å². The lowest BCUT2D eigenvalue weighted by atomic mass is 9.97. The molecular formula is C13H12ClN3O2. The van der Waals surface area contributed by atoms with Gasteiger partial charge in [0.15, 0.2) is 5.82 Å². The average molecular weight is 278 g/mol. The maximum atomic E-state index is 10.7. The number of halogens is 1. The second-order valence-electron chi connectivity index (χ2n) is 4.37. The first-order chi connectivity index (χ1) is 9.00. The molecule has 0 saturated carbocycles. The molecule has 6 heteroatoms. The second kappa shape index (κ2) is 5.32. The number of nitro groups is 1. The van der Waals surface area contributed by atoms with Gasteiger partial charge in [-0.05, 0) is 11.5 Å². The van der Waals surface area contributed by atoms with Crippen molar-refractivity contribution in [3.8, 4) is 11.4 Å². The number of hydrogen-bond acceptors (Lipinski definition) is 4. The maximum absolute atomic E-state index is 10.7. The summed E-state index contributed by atoms with van der Waals surface area (Å²) in [6.07, 6.45) is 1.14. The largest absolute Gasteiger partial charge is 0.324 e. The van der Waals surface area contributed by atoms with E-state index in [2.05, 4.69) is 23.8 Å². The van der Waals surface area contributed by atoms with Crippen molar-refractivity contribution in [1.82, 2.24) is 9.97 Å². The van der Waals surface area contributed by atoms with Gasteiger partial charge in [0.05, 0.1) is 4.92 Å². The highest BCUT2D eigenvalue weighted by atomic mass is 35.5. The molecule has 0 aliphatic heterocycles. The third-order valence-electron chi connectivity index (χ3n) is 2.74. The molecule has 0 saturated heterocycles. The first kappa shape index (κ1) is 13.4. The van der Waals surface area contributed by atoms with Crippen LogP contribution in [0.25, 0.3) is 11.4 Å². The maximum Gasteiger partial charge on any atom is 0.324 e. The Morgan fingerprint density at radius 3 is 2.58 bits per heavy atom. The number of hydrogen-bond donors (Lipinski definition) is 0. The van der Waals surface area contributed by atoms with Crippen LogP contribution in [-0.2, 0) is 0 Å². The molecule has 1 aromatic carbocycles. The summed E-state index contributed by atoms with van der Waals surface area (Å²) in [5, 5.41) is 10.5. The minimum Gasteiger partial charge on any atom is -0.258 e. The lowest BCUT2D eigenvalue weighted by Gasteiger charge is -2.11. The summed E-state index contributed by atoms with van der Waals surface area (Å²) in [6.45, 7) is 4.12. The Kier molecular flexibility index (Phi) is 3.76. The van der Waals surface area contributed by atoms with Crippen molar-refractivity contribution >= 4 is 17.3 Å². The summed E-state index contributed by atoms with van der Waals surface area (Å²) in [5.74, 6) is 0.702. The predicted molar refractivity (Wildman–Crippen MR) is 73.2 cm³/mol. The molecular weight excluding hydrogens is 266 g/mol. The molecule has 0 bridgehead atoms. The van der Waals surface area contributed by atoms with Crippen molar-refractivity contribution in [2.75, 3.05) is 0 Å². The summed E-state index contributed by atoms with van der Waals surface area (Å²) in [4.78, 5) is 18.1. The molecule has 2 aromatic rings. The Morgan fingerprint density at radius 2 is 2.00 bits per heavy atom. The number of rotatable bonds is 3. The second-order valence-corrected chi connectivity index (χ2v) is 4.73. The van der Waals surface area contributed by atoms with Crippen molar-refractivity contribution in [1.29, 1.82) is 0 Å². The van der Waals surface area contributed by atoms with Crippen LogP contribution in [0.3, 0.4) is 0 Å². The molecule has 0 N–H and O–H groups in total. The quantitative estimate of drug-likeness (QED) is 0.486. The normalized spacial score (nSPS) is 10.7. The molecule has 0 unspecified atom stereocenters. The van der Waals surface area contributed by atoms with E-state index in [1.807, 2.05) is 24.3 Å². The van der Waals surface area contributed by atoms with Crippen molar-refractivity contribution in [3.05, 3.63) is 51.3 Å². The van der Waals surface area contributed by atoms with Gasteiger partial charge in [-0.2, -0.15) is 0 Å². The average Bonchev–Trinajstić information content (AvgIpc) is 2.38. The molecule has 0 aliphatic rings. The van der Waals surface area contributed by atoms with Gasteiger partial charge in [-0.25, -0.2) is 9.97 Å². The molecule has 1 aromatic heterocycles. The Balaban J connectivity index is 2.54. The van der Waals surface area contributed by atoms with Gasteiger partial charge in [-0.15, -0.1) is 0 Å². The van der Waals surface area contributed by atoms with E-state index in [0.717, 1.165) is 17.3 Å². The fourth-order valence-electron chi connectivity index (χ4n) is 1.81. The molecule has 2 rings (SSSR count). The van der Waals surface area contributed by atoms with Crippen LogP contribution >= 0.6 is 11.6 Å². The zero-order chi connectivity index (χ0) is 14.0.